The van der Waals surface area contributed by atoms with Crippen molar-refractivity contribution < 1.29 is 4.79 Å². The van der Waals surface area contributed by atoms with Gasteiger partial charge in [-0.15, -0.1) is 0 Å². The Bertz CT molecular complexity index is 699. The highest BCUT2D eigenvalue weighted by Crippen LogP contribution is 2.20. The average molecular weight is 298 g/mol. The van der Waals surface area contributed by atoms with Gasteiger partial charge in [-0.2, -0.15) is 5.10 Å². The molecule has 3 rings (SSSR count). The van der Waals surface area contributed by atoms with E-state index in [1.54, 1.807) is 6.20 Å². The monoisotopic (exact) mass is 298 g/mol. The first kappa shape index (κ1) is 14.8. The Hall–Kier alpha value is -2.14. The van der Waals surface area contributed by atoms with Gasteiger partial charge in [-0.25, -0.2) is 4.68 Å². The molecule has 0 radical (unpaired) electrons. The minimum atomic E-state index is 0.0787. The molecule has 116 valence electrons. The lowest BCUT2D eigenvalue weighted by atomic mass is 10.1. The summed E-state index contributed by atoms with van der Waals surface area (Å²) in [5.74, 6) is 0.0787. The van der Waals surface area contributed by atoms with Gasteiger partial charge in [-0.3, -0.25) is 4.79 Å². The molecule has 1 aliphatic heterocycles. The third-order valence-corrected chi connectivity index (χ3v) is 4.22. The molecule has 1 aromatic carbocycles. The van der Waals surface area contributed by atoms with Gasteiger partial charge in [0.1, 0.15) is 0 Å². The van der Waals surface area contributed by atoms with Gasteiger partial charge in [0.2, 0.25) is 0 Å². The fraction of sp³-hybridized carbons (Fsp3) is 0.412. The van der Waals surface area contributed by atoms with Crippen molar-refractivity contribution in [2.45, 2.75) is 20.8 Å². The van der Waals surface area contributed by atoms with Crippen molar-refractivity contribution in [3.05, 3.63) is 46.8 Å². The molecule has 1 saturated heterocycles. The van der Waals surface area contributed by atoms with E-state index >= 15 is 0 Å². The van der Waals surface area contributed by atoms with Crippen LogP contribution in [0.15, 0.2) is 24.4 Å². The van der Waals surface area contributed by atoms with Crippen LogP contribution in [0, 0.1) is 20.8 Å². The van der Waals surface area contributed by atoms with Crippen molar-refractivity contribution in [3.8, 4) is 5.69 Å². The van der Waals surface area contributed by atoms with Crippen molar-refractivity contribution in [1.82, 2.24) is 20.0 Å². The predicted molar refractivity (Wildman–Crippen MR) is 86.5 cm³/mol. The maximum absolute atomic E-state index is 12.6. The SMILES string of the molecule is Cc1ccc(-n2ncc(C(=O)N3CCNCC3)c2C)c(C)c1. The molecule has 2 heterocycles. The molecule has 0 unspecified atom stereocenters. The molecule has 0 saturated carbocycles. The Labute approximate surface area is 130 Å². The lowest BCUT2D eigenvalue weighted by molar-refractivity contribution is 0.0735. The maximum atomic E-state index is 12.6. The predicted octanol–water partition coefficient (Wildman–Crippen LogP) is 1.84. The first-order chi connectivity index (χ1) is 10.6. The van der Waals surface area contributed by atoms with E-state index in [-0.39, 0.29) is 5.91 Å². The second-order valence-electron chi connectivity index (χ2n) is 5.89. The van der Waals surface area contributed by atoms with Crippen molar-refractivity contribution in [1.29, 1.82) is 0 Å². The van der Waals surface area contributed by atoms with Gasteiger partial charge in [0.15, 0.2) is 0 Å². The smallest absolute Gasteiger partial charge is 0.257 e. The summed E-state index contributed by atoms with van der Waals surface area (Å²) >= 11 is 0. The molecule has 1 fully saturated rings. The molecule has 5 heteroatoms. The van der Waals surface area contributed by atoms with Crippen molar-refractivity contribution in [2.75, 3.05) is 26.2 Å². The molecule has 0 aliphatic carbocycles. The third-order valence-electron chi connectivity index (χ3n) is 4.22. The number of nitrogens with one attached hydrogen (secondary N) is 1. The second kappa shape index (κ2) is 5.93. The Morgan fingerprint density at radius 2 is 1.91 bits per heavy atom. The van der Waals surface area contributed by atoms with Crippen LogP contribution >= 0.6 is 0 Å². The number of nitrogens with zero attached hydrogens (tertiary/aromatic N) is 3. The zero-order valence-electron chi connectivity index (χ0n) is 13.4. The highest BCUT2D eigenvalue weighted by Gasteiger charge is 2.22. The first-order valence-corrected chi connectivity index (χ1v) is 7.70. The molecule has 1 N–H and O–H groups in total. The Balaban J connectivity index is 1.93. The lowest BCUT2D eigenvalue weighted by Gasteiger charge is -2.27. The van der Waals surface area contributed by atoms with Gasteiger partial charge >= 0.3 is 0 Å². The summed E-state index contributed by atoms with van der Waals surface area (Å²) in [6.07, 6.45) is 1.69. The molecule has 0 atom stereocenters. The summed E-state index contributed by atoms with van der Waals surface area (Å²) in [4.78, 5) is 14.5. The molecule has 1 aromatic heterocycles. The van der Waals surface area contributed by atoms with Crippen LogP contribution < -0.4 is 5.32 Å². The van der Waals surface area contributed by atoms with Crippen LogP contribution in [-0.2, 0) is 0 Å². The molecular weight excluding hydrogens is 276 g/mol. The van der Waals surface area contributed by atoms with Crippen LogP contribution in [0.2, 0.25) is 0 Å². The zero-order chi connectivity index (χ0) is 15.7. The summed E-state index contributed by atoms with van der Waals surface area (Å²) in [7, 11) is 0. The molecule has 5 nitrogen and oxygen atoms in total. The van der Waals surface area contributed by atoms with E-state index in [4.69, 9.17) is 0 Å². The van der Waals surface area contributed by atoms with Crippen LogP contribution in [-0.4, -0.2) is 46.8 Å². The van der Waals surface area contributed by atoms with Gasteiger partial charge < -0.3 is 10.2 Å². The second-order valence-corrected chi connectivity index (χ2v) is 5.89. The summed E-state index contributed by atoms with van der Waals surface area (Å²) in [5.41, 5.74) is 5.01. The fourth-order valence-electron chi connectivity index (χ4n) is 2.94. The summed E-state index contributed by atoms with van der Waals surface area (Å²) in [6.45, 7) is 9.33. The summed E-state index contributed by atoms with van der Waals surface area (Å²) < 4.78 is 1.87. The van der Waals surface area contributed by atoms with Crippen molar-refractivity contribution >= 4 is 5.91 Å². The van der Waals surface area contributed by atoms with Crippen molar-refractivity contribution in [2.24, 2.45) is 0 Å². The molecule has 2 aromatic rings. The van der Waals surface area contributed by atoms with Gasteiger partial charge in [0.05, 0.1) is 23.1 Å². The number of aromatic nitrogens is 2. The highest BCUT2D eigenvalue weighted by molar-refractivity contribution is 5.95. The number of aryl methyl sites for hydroxylation is 2. The zero-order valence-corrected chi connectivity index (χ0v) is 13.4. The standard InChI is InChI=1S/C17H22N4O/c1-12-4-5-16(13(2)10-12)21-14(3)15(11-19-21)17(22)20-8-6-18-7-9-20/h4-5,10-11,18H,6-9H2,1-3H3. The van der Waals surface area contributed by atoms with Gasteiger partial charge in [0, 0.05) is 26.2 Å². The van der Waals surface area contributed by atoms with Crippen molar-refractivity contribution in [3.63, 3.8) is 0 Å². The number of piperazine rings is 1. The highest BCUT2D eigenvalue weighted by atomic mass is 16.2. The van der Waals surface area contributed by atoms with Gasteiger partial charge in [-0.1, -0.05) is 17.7 Å². The minimum Gasteiger partial charge on any atom is -0.336 e. The molecule has 0 spiro atoms. The Morgan fingerprint density at radius 3 is 2.59 bits per heavy atom. The first-order valence-electron chi connectivity index (χ1n) is 7.70. The maximum Gasteiger partial charge on any atom is 0.257 e. The third kappa shape index (κ3) is 2.64. The number of rotatable bonds is 2. The number of benzene rings is 1. The summed E-state index contributed by atoms with van der Waals surface area (Å²) in [6, 6.07) is 6.26. The van der Waals surface area contributed by atoms with E-state index in [1.807, 2.05) is 16.5 Å². The van der Waals surface area contributed by atoms with E-state index < -0.39 is 0 Å². The number of amides is 1. The molecule has 1 aliphatic rings. The molecular formula is C17H22N4O. The van der Waals surface area contributed by atoms with E-state index in [0.717, 1.165) is 43.1 Å². The minimum absolute atomic E-state index is 0.0787. The molecule has 1 amide bonds. The Kier molecular flexibility index (Phi) is 3.98. The quantitative estimate of drug-likeness (QED) is 0.920. The number of hydrogen-bond acceptors (Lipinski definition) is 3. The van der Waals surface area contributed by atoms with Crippen LogP contribution in [0.1, 0.15) is 27.2 Å². The van der Waals surface area contributed by atoms with Crippen LogP contribution in [0.3, 0.4) is 0 Å². The number of carbonyl (C=O) groups is 1. The molecule has 22 heavy (non-hydrogen) atoms. The van der Waals surface area contributed by atoms with E-state index in [2.05, 4.69) is 42.5 Å². The van der Waals surface area contributed by atoms with Crippen LogP contribution in [0.25, 0.3) is 5.69 Å². The van der Waals surface area contributed by atoms with E-state index in [0.29, 0.717) is 5.56 Å². The fourth-order valence-corrected chi connectivity index (χ4v) is 2.94. The Morgan fingerprint density at radius 1 is 1.18 bits per heavy atom. The normalized spacial score (nSPS) is 15.1. The lowest BCUT2D eigenvalue weighted by Crippen LogP contribution is -2.46. The number of hydrogen-bond donors (Lipinski definition) is 1. The topological polar surface area (TPSA) is 50.2 Å². The molecule has 0 bridgehead atoms. The average Bonchev–Trinajstić information content (AvgIpc) is 2.89. The largest absolute Gasteiger partial charge is 0.336 e. The van der Waals surface area contributed by atoms with Gasteiger partial charge in [-0.05, 0) is 32.4 Å². The van der Waals surface area contributed by atoms with E-state index in [1.165, 1.54) is 5.56 Å². The van der Waals surface area contributed by atoms with Crippen LogP contribution in [0.4, 0.5) is 0 Å². The number of carbonyl (C=O) groups excluding carboxylic acids is 1. The van der Waals surface area contributed by atoms with Gasteiger partial charge in [0.25, 0.3) is 5.91 Å². The summed E-state index contributed by atoms with van der Waals surface area (Å²) in [5, 5.41) is 7.71. The van der Waals surface area contributed by atoms with Crippen LogP contribution in [0.5, 0.6) is 0 Å². The van der Waals surface area contributed by atoms with E-state index in [9.17, 15) is 4.79 Å².